The second-order valence-electron chi connectivity index (χ2n) is 4.78. The first kappa shape index (κ1) is 11.8. The van der Waals surface area contributed by atoms with Crippen molar-refractivity contribution in [2.24, 2.45) is 0 Å². The Labute approximate surface area is 115 Å². The summed E-state index contributed by atoms with van der Waals surface area (Å²) < 4.78 is 3.31. The van der Waals surface area contributed by atoms with E-state index in [1.165, 1.54) is 24.2 Å². The molecule has 0 aliphatic heterocycles. The molecule has 0 unspecified atom stereocenters. The van der Waals surface area contributed by atoms with E-state index in [0.717, 1.165) is 35.1 Å². The maximum absolute atomic E-state index is 6.05. The van der Waals surface area contributed by atoms with Crippen LogP contribution in [-0.2, 0) is 19.4 Å². The van der Waals surface area contributed by atoms with Gasteiger partial charge >= 0.3 is 0 Å². The summed E-state index contributed by atoms with van der Waals surface area (Å²) >= 11 is 3.58. The number of anilines is 1. The summed E-state index contributed by atoms with van der Waals surface area (Å²) in [7, 11) is 0. The van der Waals surface area contributed by atoms with Crippen LogP contribution in [0, 0.1) is 0 Å². The number of fused-ring (bicyclic) bond motifs is 1. The predicted molar refractivity (Wildman–Crippen MR) is 76.5 cm³/mol. The monoisotopic (exact) mass is 305 g/mol. The van der Waals surface area contributed by atoms with Crippen molar-refractivity contribution in [2.75, 3.05) is 5.73 Å². The van der Waals surface area contributed by atoms with E-state index in [-0.39, 0.29) is 0 Å². The predicted octanol–water partition coefficient (Wildman–Crippen LogP) is 3.15. The smallest absolute Gasteiger partial charge is 0.0954 e. The van der Waals surface area contributed by atoms with E-state index in [1.54, 1.807) is 0 Å². The van der Waals surface area contributed by atoms with Gasteiger partial charge in [-0.1, -0.05) is 22.0 Å². The van der Waals surface area contributed by atoms with Crippen LogP contribution < -0.4 is 5.73 Å². The molecule has 0 amide bonds. The first-order chi connectivity index (χ1) is 8.75. The van der Waals surface area contributed by atoms with E-state index in [1.807, 2.05) is 24.5 Å². The first-order valence-electron chi connectivity index (χ1n) is 6.31. The number of hydrogen-bond donors (Lipinski definition) is 1. The zero-order valence-electron chi connectivity index (χ0n) is 10.2. The standard InChI is InChI=1S/C14H16BrN3/c15-11-4-3-5-12(16)10(11)8-18-9-17-13-6-1-2-7-14(13)18/h3-5,9H,1-2,6-8,16H2. The number of nitrogens with two attached hydrogens (primary N) is 1. The van der Waals surface area contributed by atoms with E-state index in [4.69, 9.17) is 5.73 Å². The normalized spacial score (nSPS) is 14.5. The number of aromatic nitrogens is 2. The number of nitrogens with zero attached hydrogens (tertiary/aromatic N) is 2. The third kappa shape index (κ3) is 2.05. The van der Waals surface area contributed by atoms with Crippen LogP contribution in [0.3, 0.4) is 0 Å². The third-order valence-electron chi connectivity index (χ3n) is 3.59. The molecule has 2 N–H and O–H groups in total. The van der Waals surface area contributed by atoms with Crippen molar-refractivity contribution in [3.8, 4) is 0 Å². The molecule has 3 rings (SSSR count). The van der Waals surface area contributed by atoms with Gasteiger partial charge in [-0.3, -0.25) is 0 Å². The molecule has 1 aliphatic carbocycles. The fourth-order valence-corrected chi connectivity index (χ4v) is 3.09. The van der Waals surface area contributed by atoms with Gasteiger partial charge in [0.2, 0.25) is 0 Å². The molecule has 1 heterocycles. The first-order valence-corrected chi connectivity index (χ1v) is 7.11. The molecular formula is C14H16BrN3. The lowest BCUT2D eigenvalue weighted by Crippen LogP contribution is -2.10. The average molecular weight is 306 g/mol. The van der Waals surface area contributed by atoms with Crippen LogP contribution in [0.25, 0.3) is 0 Å². The van der Waals surface area contributed by atoms with E-state index >= 15 is 0 Å². The fourth-order valence-electron chi connectivity index (χ4n) is 2.58. The van der Waals surface area contributed by atoms with Crippen molar-refractivity contribution in [2.45, 2.75) is 32.2 Å². The molecule has 0 saturated carbocycles. The largest absolute Gasteiger partial charge is 0.398 e. The summed E-state index contributed by atoms with van der Waals surface area (Å²) in [5, 5.41) is 0. The van der Waals surface area contributed by atoms with Crippen LogP contribution in [-0.4, -0.2) is 9.55 Å². The molecular weight excluding hydrogens is 290 g/mol. The Bertz CT molecular complexity index is 554. The second-order valence-corrected chi connectivity index (χ2v) is 5.63. The van der Waals surface area contributed by atoms with E-state index in [2.05, 4.69) is 25.5 Å². The minimum Gasteiger partial charge on any atom is -0.398 e. The van der Waals surface area contributed by atoms with Crippen LogP contribution in [0.2, 0.25) is 0 Å². The van der Waals surface area contributed by atoms with Gasteiger partial charge in [0.15, 0.2) is 0 Å². The molecule has 0 radical (unpaired) electrons. The summed E-state index contributed by atoms with van der Waals surface area (Å²) in [4.78, 5) is 4.52. The second kappa shape index (κ2) is 4.76. The topological polar surface area (TPSA) is 43.8 Å². The molecule has 1 aromatic carbocycles. The lowest BCUT2D eigenvalue weighted by molar-refractivity contribution is 0.628. The number of halogens is 1. The summed E-state index contributed by atoms with van der Waals surface area (Å²) in [5.41, 5.74) is 10.7. The van der Waals surface area contributed by atoms with Gasteiger partial charge in [-0.2, -0.15) is 0 Å². The van der Waals surface area contributed by atoms with Gasteiger partial charge < -0.3 is 10.3 Å². The highest BCUT2D eigenvalue weighted by Gasteiger charge is 2.16. The number of aryl methyl sites for hydroxylation is 1. The summed E-state index contributed by atoms with van der Waals surface area (Å²) in [6.45, 7) is 0.801. The molecule has 94 valence electrons. The van der Waals surface area contributed by atoms with Gasteiger partial charge in [-0.15, -0.1) is 0 Å². The average Bonchev–Trinajstić information content (AvgIpc) is 2.77. The highest BCUT2D eigenvalue weighted by atomic mass is 79.9. The molecule has 4 heteroatoms. The Morgan fingerprint density at radius 2 is 2.11 bits per heavy atom. The molecule has 0 atom stereocenters. The summed E-state index contributed by atoms with van der Waals surface area (Å²) in [6, 6.07) is 5.95. The van der Waals surface area contributed by atoms with E-state index < -0.39 is 0 Å². The Balaban J connectivity index is 1.95. The van der Waals surface area contributed by atoms with E-state index in [0.29, 0.717) is 0 Å². The number of benzene rings is 1. The Morgan fingerprint density at radius 1 is 1.28 bits per heavy atom. The Morgan fingerprint density at radius 3 is 2.94 bits per heavy atom. The zero-order chi connectivity index (χ0) is 12.5. The maximum atomic E-state index is 6.05. The van der Waals surface area contributed by atoms with Crippen LogP contribution in [0.1, 0.15) is 29.8 Å². The van der Waals surface area contributed by atoms with Gasteiger partial charge in [-0.05, 0) is 37.8 Å². The highest BCUT2D eigenvalue weighted by Crippen LogP contribution is 2.26. The van der Waals surface area contributed by atoms with Crippen molar-refractivity contribution in [1.29, 1.82) is 0 Å². The molecule has 0 fully saturated rings. The lowest BCUT2D eigenvalue weighted by Gasteiger charge is -2.15. The fraction of sp³-hybridized carbons (Fsp3) is 0.357. The van der Waals surface area contributed by atoms with Crippen LogP contribution >= 0.6 is 15.9 Å². The lowest BCUT2D eigenvalue weighted by atomic mass is 10.0. The number of hydrogen-bond acceptors (Lipinski definition) is 2. The minimum absolute atomic E-state index is 0.801. The van der Waals surface area contributed by atoms with E-state index in [9.17, 15) is 0 Å². The van der Waals surface area contributed by atoms with Gasteiger partial charge in [0.1, 0.15) is 0 Å². The maximum Gasteiger partial charge on any atom is 0.0954 e. The van der Waals surface area contributed by atoms with Crippen LogP contribution in [0.15, 0.2) is 29.0 Å². The van der Waals surface area contributed by atoms with Crippen molar-refractivity contribution in [1.82, 2.24) is 9.55 Å². The van der Waals surface area contributed by atoms with Gasteiger partial charge in [0, 0.05) is 21.4 Å². The van der Waals surface area contributed by atoms with Crippen molar-refractivity contribution < 1.29 is 0 Å². The zero-order valence-corrected chi connectivity index (χ0v) is 11.8. The molecule has 1 aliphatic rings. The summed E-state index contributed by atoms with van der Waals surface area (Å²) in [6.07, 6.45) is 6.74. The number of nitrogen functional groups attached to an aromatic ring is 1. The van der Waals surface area contributed by atoms with Crippen LogP contribution in [0.5, 0.6) is 0 Å². The number of rotatable bonds is 2. The molecule has 1 aromatic heterocycles. The molecule has 0 saturated heterocycles. The van der Waals surface area contributed by atoms with Crippen molar-refractivity contribution >= 4 is 21.6 Å². The Hall–Kier alpha value is -1.29. The van der Waals surface area contributed by atoms with Gasteiger partial charge in [0.25, 0.3) is 0 Å². The molecule has 18 heavy (non-hydrogen) atoms. The van der Waals surface area contributed by atoms with Crippen LogP contribution in [0.4, 0.5) is 5.69 Å². The SMILES string of the molecule is Nc1cccc(Br)c1Cn1cnc2c1CCCC2. The third-order valence-corrected chi connectivity index (χ3v) is 4.34. The van der Waals surface area contributed by atoms with Gasteiger partial charge in [0.05, 0.1) is 18.6 Å². The Kier molecular flexibility index (Phi) is 3.12. The van der Waals surface area contributed by atoms with Crippen molar-refractivity contribution in [3.63, 3.8) is 0 Å². The minimum atomic E-state index is 0.801. The molecule has 2 aromatic rings. The molecule has 0 spiro atoms. The number of imidazole rings is 1. The molecule has 0 bridgehead atoms. The highest BCUT2D eigenvalue weighted by molar-refractivity contribution is 9.10. The quantitative estimate of drug-likeness (QED) is 0.866. The summed E-state index contributed by atoms with van der Waals surface area (Å²) in [5.74, 6) is 0. The molecule has 3 nitrogen and oxygen atoms in total. The van der Waals surface area contributed by atoms with Gasteiger partial charge in [-0.25, -0.2) is 4.98 Å². The van der Waals surface area contributed by atoms with Crippen molar-refractivity contribution in [3.05, 3.63) is 46.0 Å².